The van der Waals surface area contributed by atoms with Crippen molar-refractivity contribution in [1.29, 1.82) is 0 Å². The zero-order valence-corrected chi connectivity index (χ0v) is 19.2. The van der Waals surface area contributed by atoms with Crippen molar-refractivity contribution < 1.29 is 24.5 Å². The number of aliphatic hydroxyl groups is 1. The summed E-state index contributed by atoms with van der Waals surface area (Å²) in [6, 6.07) is 1.02. The number of nitrogens with two attached hydrogens (primary N) is 1. The maximum atomic E-state index is 13.1. The molecule has 1 aliphatic carbocycles. The van der Waals surface area contributed by atoms with Crippen molar-refractivity contribution in [3.05, 3.63) is 22.7 Å². The molecule has 1 amide bonds. The van der Waals surface area contributed by atoms with Gasteiger partial charge in [0.25, 0.3) is 0 Å². The van der Waals surface area contributed by atoms with E-state index in [0.717, 1.165) is 25.7 Å². The SMILES string of the molecule is C[C@]1(O)COC2(CCN(C(=O)CC3(CC(=O)O)CCCC3)CC2)C[C@@H]1n1ccc(N)nc1=O. The summed E-state index contributed by atoms with van der Waals surface area (Å²) in [4.78, 5) is 42.5. The minimum Gasteiger partial charge on any atom is -0.481 e. The first-order valence-corrected chi connectivity index (χ1v) is 11.7. The van der Waals surface area contributed by atoms with Crippen molar-refractivity contribution in [2.24, 2.45) is 5.41 Å². The normalized spacial score (nSPS) is 28.7. The van der Waals surface area contributed by atoms with E-state index in [0.29, 0.717) is 32.4 Å². The zero-order valence-electron chi connectivity index (χ0n) is 19.2. The third-order valence-corrected chi connectivity index (χ3v) is 7.89. The van der Waals surface area contributed by atoms with Crippen molar-refractivity contribution in [3.63, 3.8) is 0 Å². The van der Waals surface area contributed by atoms with E-state index in [1.54, 1.807) is 13.1 Å². The largest absolute Gasteiger partial charge is 0.481 e. The highest BCUT2D eigenvalue weighted by Crippen LogP contribution is 2.46. The number of nitrogen functional groups attached to an aromatic ring is 1. The number of piperidine rings is 1. The van der Waals surface area contributed by atoms with Crippen molar-refractivity contribution >= 4 is 17.7 Å². The molecule has 0 radical (unpaired) electrons. The van der Waals surface area contributed by atoms with E-state index >= 15 is 0 Å². The van der Waals surface area contributed by atoms with Gasteiger partial charge in [-0.3, -0.25) is 14.2 Å². The molecule has 0 aromatic carbocycles. The number of aliphatic carboxylic acids is 1. The number of carboxylic acids is 1. The third-order valence-electron chi connectivity index (χ3n) is 7.89. The molecule has 1 aromatic rings. The molecule has 10 nitrogen and oxygen atoms in total. The van der Waals surface area contributed by atoms with Gasteiger partial charge >= 0.3 is 11.7 Å². The molecule has 2 aliphatic heterocycles. The molecule has 1 saturated carbocycles. The van der Waals surface area contributed by atoms with Crippen molar-refractivity contribution in [2.45, 2.75) is 82.0 Å². The average molecular weight is 463 g/mol. The minimum absolute atomic E-state index is 0.00584. The summed E-state index contributed by atoms with van der Waals surface area (Å²) in [5.41, 5.74) is 2.89. The molecule has 2 atom stereocenters. The van der Waals surface area contributed by atoms with E-state index in [2.05, 4.69) is 4.98 Å². The van der Waals surface area contributed by atoms with Gasteiger partial charge in [0.1, 0.15) is 11.4 Å². The number of rotatable bonds is 5. The Morgan fingerprint density at radius 1 is 1.21 bits per heavy atom. The molecule has 4 N–H and O–H groups in total. The second-order valence-corrected chi connectivity index (χ2v) is 10.4. The molecule has 3 aliphatic rings. The number of hydrogen-bond acceptors (Lipinski definition) is 7. The Kier molecular flexibility index (Phi) is 6.26. The standard InChI is InChI=1S/C23H34N4O6/c1-21(32)15-33-23(12-16(21)27-9-4-17(24)25-20(27)31)7-10-26(11-8-23)18(28)13-22(14-19(29)30)5-2-3-6-22/h4,9,16,32H,2-3,5-8,10-15H2,1H3,(H,29,30)(H2,24,25,31)/t16-,21-/m0/s1. The molecule has 1 aromatic heterocycles. The van der Waals surface area contributed by atoms with Gasteiger partial charge in [-0.1, -0.05) is 12.8 Å². The lowest BCUT2D eigenvalue weighted by atomic mass is 9.76. The van der Waals surface area contributed by atoms with Crippen LogP contribution in [0.2, 0.25) is 0 Å². The van der Waals surface area contributed by atoms with Crippen LogP contribution in [0.4, 0.5) is 5.82 Å². The molecule has 0 unspecified atom stereocenters. The predicted molar refractivity (Wildman–Crippen MR) is 119 cm³/mol. The maximum absolute atomic E-state index is 13.1. The molecule has 4 rings (SSSR count). The van der Waals surface area contributed by atoms with Gasteiger partial charge in [-0.05, 0) is 44.1 Å². The fourth-order valence-electron chi connectivity index (χ4n) is 5.89. The summed E-state index contributed by atoms with van der Waals surface area (Å²) in [5.74, 6) is -0.706. The van der Waals surface area contributed by atoms with Gasteiger partial charge in [0.2, 0.25) is 5.91 Å². The number of aromatic nitrogens is 2. The van der Waals surface area contributed by atoms with E-state index < -0.39 is 34.3 Å². The van der Waals surface area contributed by atoms with Crippen LogP contribution in [-0.4, -0.2) is 67.4 Å². The summed E-state index contributed by atoms with van der Waals surface area (Å²) in [6.45, 7) is 2.73. The van der Waals surface area contributed by atoms with E-state index in [1.165, 1.54) is 10.6 Å². The smallest absolute Gasteiger partial charge is 0.349 e. The van der Waals surface area contributed by atoms with Gasteiger partial charge in [-0.15, -0.1) is 0 Å². The highest BCUT2D eigenvalue weighted by molar-refractivity contribution is 5.78. The minimum atomic E-state index is -1.24. The molecule has 3 fully saturated rings. The number of carboxylic acid groups (broad SMARTS) is 1. The number of anilines is 1. The first kappa shape index (κ1) is 23.7. The van der Waals surface area contributed by atoms with Gasteiger partial charge in [-0.2, -0.15) is 4.98 Å². The Balaban J connectivity index is 1.43. The van der Waals surface area contributed by atoms with E-state index in [9.17, 15) is 24.6 Å². The number of amides is 1. The van der Waals surface area contributed by atoms with Crippen LogP contribution in [-0.2, 0) is 14.3 Å². The number of ether oxygens (including phenoxy) is 1. The first-order chi connectivity index (χ1) is 15.5. The highest BCUT2D eigenvalue weighted by Gasteiger charge is 2.50. The lowest BCUT2D eigenvalue weighted by molar-refractivity contribution is -0.202. The number of carbonyl (C=O) groups is 2. The number of nitrogens with zero attached hydrogens (tertiary/aromatic N) is 3. The van der Waals surface area contributed by atoms with Gasteiger partial charge in [0, 0.05) is 32.1 Å². The van der Waals surface area contributed by atoms with Crippen molar-refractivity contribution in [1.82, 2.24) is 14.5 Å². The molecule has 1 spiro atoms. The Bertz CT molecular complexity index is 960. The van der Waals surface area contributed by atoms with Gasteiger partial charge < -0.3 is 25.6 Å². The van der Waals surface area contributed by atoms with Gasteiger partial charge in [0.05, 0.1) is 24.7 Å². The number of hydrogen-bond donors (Lipinski definition) is 3. The fourth-order valence-corrected chi connectivity index (χ4v) is 5.89. The van der Waals surface area contributed by atoms with Crippen LogP contribution in [0, 0.1) is 5.41 Å². The summed E-state index contributed by atoms with van der Waals surface area (Å²) in [7, 11) is 0. The Hall–Kier alpha value is -2.46. The lowest BCUT2D eigenvalue weighted by Gasteiger charge is -2.51. The van der Waals surface area contributed by atoms with Crippen LogP contribution < -0.4 is 11.4 Å². The lowest BCUT2D eigenvalue weighted by Crippen LogP contribution is -2.58. The Morgan fingerprint density at radius 3 is 2.48 bits per heavy atom. The molecular formula is C23H34N4O6. The number of likely N-dealkylation sites (tertiary alicyclic amines) is 1. The van der Waals surface area contributed by atoms with Crippen LogP contribution in [0.1, 0.15) is 70.8 Å². The quantitative estimate of drug-likeness (QED) is 0.593. The molecule has 182 valence electrons. The Morgan fingerprint density at radius 2 is 1.88 bits per heavy atom. The van der Waals surface area contributed by atoms with Crippen molar-refractivity contribution in [3.8, 4) is 0 Å². The van der Waals surface area contributed by atoms with Crippen LogP contribution in [0.5, 0.6) is 0 Å². The highest BCUT2D eigenvalue weighted by atomic mass is 16.5. The summed E-state index contributed by atoms with van der Waals surface area (Å²) >= 11 is 0. The van der Waals surface area contributed by atoms with Crippen LogP contribution in [0.25, 0.3) is 0 Å². The second kappa shape index (κ2) is 8.72. The van der Waals surface area contributed by atoms with Gasteiger partial charge in [-0.25, -0.2) is 4.79 Å². The second-order valence-electron chi connectivity index (χ2n) is 10.4. The predicted octanol–water partition coefficient (Wildman–Crippen LogP) is 1.32. The first-order valence-electron chi connectivity index (χ1n) is 11.7. The van der Waals surface area contributed by atoms with Crippen LogP contribution in [0.3, 0.4) is 0 Å². The molecular weight excluding hydrogens is 428 g/mol. The van der Waals surface area contributed by atoms with E-state index in [4.69, 9.17) is 10.5 Å². The summed E-state index contributed by atoms with van der Waals surface area (Å²) in [5, 5.41) is 20.3. The Labute approximate surface area is 192 Å². The monoisotopic (exact) mass is 462 g/mol. The number of carbonyl (C=O) groups excluding carboxylic acids is 1. The van der Waals surface area contributed by atoms with Crippen LogP contribution in [0.15, 0.2) is 17.1 Å². The summed E-state index contributed by atoms with van der Waals surface area (Å²) in [6.07, 6.45) is 7.00. The maximum Gasteiger partial charge on any atom is 0.349 e. The zero-order chi connectivity index (χ0) is 23.9. The van der Waals surface area contributed by atoms with Crippen molar-refractivity contribution in [2.75, 3.05) is 25.4 Å². The molecule has 3 heterocycles. The van der Waals surface area contributed by atoms with E-state index in [-0.39, 0.29) is 31.2 Å². The van der Waals surface area contributed by atoms with Gasteiger partial charge in [0.15, 0.2) is 0 Å². The summed E-state index contributed by atoms with van der Waals surface area (Å²) < 4.78 is 7.57. The molecule has 33 heavy (non-hydrogen) atoms. The fraction of sp³-hybridized carbons (Fsp3) is 0.739. The molecule has 0 bridgehead atoms. The third kappa shape index (κ3) is 4.91. The molecule has 2 saturated heterocycles. The molecule has 10 heteroatoms. The van der Waals surface area contributed by atoms with Crippen LogP contribution >= 0.6 is 0 Å². The van der Waals surface area contributed by atoms with E-state index in [1.807, 2.05) is 4.90 Å². The average Bonchev–Trinajstić information content (AvgIpc) is 3.18. The topological polar surface area (TPSA) is 148 Å².